The van der Waals surface area contributed by atoms with Gasteiger partial charge in [-0.25, -0.2) is 0 Å². The van der Waals surface area contributed by atoms with Crippen LogP contribution in [0.4, 0.5) is 5.69 Å². The van der Waals surface area contributed by atoms with Crippen molar-refractivity contribution in [1.29, 1.82) is 5.26 Å². The maximum Gasteiger partial charge on any atom is 0.263 e. The number of nitrogens with zero attached hydrogens (tertiary/aromatic N) is 2. The van der Waals surface area contributed by atoms with Gasteiger partial charge in [0.1, 0.15) is 17.4 Å². The van der Waals surface area contributed by atoms with Gasteiger partial charge in [0.05, 0.1) is 13.2 Å². The number of hydrogen-bond acceptors (Lipinski definition) is 4. The van der Waals surface area contributed by atoms with Gasteiger partial charge in [0.2, 0.25) is 0 Å². The maximum atomic E-state index is 12.4. The van der Waals surface area contributed by atoms with Gasteiger partial charge in [0.15, 0.2) is 0 Å². The Morgan fingerprint density at radius 2 is 1.84 bits per heavy atom. The molecule has 5 heteroatoms. The lowest BCUT2D eigenvalue weighted by Gasteiger charge is -2.17. The van der Waals surface area contributed by atoms with Gasteiger partial charge < -0.3 is 15.0 Å². The summed E-state index contributed by atoms with van der Waals surface area (Å²) in [5, 5.41) is 12.2. The Morgan fingerprint density at radius 1 is 1.20 bits per heavy atom. The summed E-state index contributed by atoms with van der Waals surface area (Å²) in [6, 6.07) is 18.7. The lowest BCUT2D eigenvalue weighted by Crippen LogP contribution is -2.28. The third-order valence-electron chi connectivity index (χ3n) is 3.81. The van der Waals surface area contributed by atoms with E-state index in [1.807, 2.05) is 67.6 Å². The fourth-order valence-corrected chi connectivity index (χ4v) is 2.32. The molecule has 0 aliphatic carbocycles. The van der Waals surface area contributed by atoms with Gasteiger partial charge in [-0.1, -0.05) is 30.3 Å². The maximum absolute atomic E-state index is 12.4. The zero-order chi connectivity index (χ0) is 18.2. The molecule has 1 amide bonds. The van der Waals surface area contributed by atoms with Crippen LogP contribution in [0.15, 0.2) is 66.4 Å². The SMILES string of the molecule is COc1ccc(C(C)NC(=O)/C(C#N)=C\N(C)c2ccccc2)cc1. The van der Waals surface area contributed by atoms with Gasteiger partial charge in [0, 0.05) is 18.9 Å². The normalized spacial score (nSPS) is 12.0. The molecule has 0 heterocycles. The summed E-state index contributed by atoms with van der Waals surface area (Å²) in [5.41, 5.74) is 1.88. The average molecular weight is 335 g/mol. The second kappa shape index (κ2) is 8.55. The molecule has 0 bridgehead atoms. The average Bonchev–Trinajstić information content (AvgIpc) is 2.66. The lowest BCUT2D eigenvalue weighted by molar-refractivity contribution is -0.117. The lowest BCUT2D eigenvalue weighted by atomic mass is 10.1. The first kappa shape index (κ1) is 18.1. The van der Waals surface area contributed by atoms with Gasteiger partial charge in [-0.3, -0.25) is 4.79 Å². The van der Waals surface area contributed by atoms with E-state index in [9.17, 15) is 10.1 Å². The molecule has 2 aromatic carbocycles. The van der Waals surface area contributed by atoms with Crippen LogP contribution >= 0.6 is 0 Å². The van der Waals surface area contributed by atoms with Crippen molar-refractivity contribution >= 4 is 11.6 Å². The van der Waals surface area contributed by atoms with Crippen LogP contribution < -0.4 is 15.0 Å². The molecule has 0 spiro atoms. The zero-order valence-corrected chi connectivity index (χ0v) is 14.6. The van der Waals surface area contributed by atoms with E-state index in [4.69, 9.17) is 4.74 Å². The first-order valence-corrected chi connectivity index (χ1v) is 7.89. The molecule has 1 unspecified atom stereocenters. The first-order chi connectivity index (χ1) is 12.0. The van der Waals surface area contributed by atoms with Crippen molar-refractivity contribution in [2.45, 2.75) is 13.0 Å². The third kappa shape index (κ3) is 4.85. The van der Waals surface area contributed by atoms with Gasteiger partial charge in [0.25, 0.3) is 5.91 Å². The number of rotatable bonds is 6. The molecule has 1 atom stereocenters. The second-order valence-corrected chi connectivity index (χ2v) is 5.57. The van der Waals surface area contributed by atoms with E-state index in [0.29, 0.717) is 0 Å². The highest BCUT2D eigenvalue weighted by molar-refractivity contribution is 5.97. The van der Waals surface area contributed by atoms with Crippen molar-refractivity contribution in [3.8, 4) is 11.8 Å². The molecular weight excluding hydrogens is 314 g/mol. The predicted octanol–water partition coefficient (Wildman–Crippen LogP) is 3.42. The largest absolute Gasteiger partial charge is 0.497 e. The van der Waals surface area contributed by atoms with Gasteiger partial charge in [-0.2, -0.15) is 5.26 Å². The number of para-hydroxylation sites is 1. The Balaban J connectivity index is 2.08. The van der Waals surface area contributed by atoms with Crippen LogP contribution in [0.3, 0.4) is 0 Å². The summed E-state index contributed by atoms with van der Waals surface area (Å²) in [5.74, 6) is 0.345. The molecular formula is C20H21N3O2. The molecule has 0 aliphatic rings. The van der Waals surface area contributed by atoms with E-state index in [2.05, 4.69) is 5.32 Å². The minimum atomic E-state index is -0.409. The smallest absolute Gasteiger partial charge is 0.263 e. The number of nitrogens with one attached hydrogen (secondary N) is 1. The Morgan fingerprint density at radius 3 is 2.40 bits per heavy atom. The Labute approximate surface area is 148 Å². The standard InChI is InChI=1S/C20H21N3O2/c1-15(16-9-11-19(25-3)12-10-16)22-20(24)17(13-21)14-23(2)18-7-5-4-6-8-18/h4-12,14-15H,1-3H3,(H,22,24)/b17-14-. The van der Waals surface area contributed by atoms with Crippen molar-refractivity contribution < 1.29 is 9.53 Å². The monoisotopic (exact) mass is 335 g/mol. The van der Waals surface area contributed by atoms with Crippen LogP contribution in [0.25, 0.3) is 0 Å². The van der Waals surface area contributed by atoms with Crippen molar-refractivity contribution in [3.05, 3.63) is 71.9 Å². The highest BCUT2D eigenvalue weighted by Gasteiger charge is 2.14. The van der Waals surface area contributed by atoms with Gasteiger partial charge in [-0.05, 0) is 36.8 Å². The van der Waals surface area contributed by atoms with Gasteiger partial charge in [-0.15, -0.1) is 0 Å². The number of amides is 1. The summed E-state index contributed by atoms with van der Waals surface area (Å²) in [7, 11) is 3.40. The molecule has 0 aromatic heterocycles. The Bertz CT molecular complexity index is 777. The van der Waals surface area contributed by atoms with Crippen LogP contribution in [0.2, 0.25) is 0 Å². The summed E-state index contributed by atoms with van der Waals surface area (Å²) < 4.78 is 5.13. The fourth-order valence-electron chi connectivity index (χ4n) is 2.32. The van der Waals surface area contributed by atoms with Gasteiger partial charge >= 0.3 is 0 Å². The number of carbonyl (C=O) groups is 1. The highest BCUT2D eigenvalue weighted by Crippen LogP contribution is 2.18. The number of methoxy groups -OCH3 is 1. The van der Waals surface area contributed by atoms with Crippen molar-refractivity contribution in [3.63, 3.8) is 0 Å². The summed E-state index contributed by atoms with van der Waals surface area (Å²) in [4.78, 5) is 14.1. The number of ether oxygens (including phenoxy) is 1. The molecule has 5 nitrogen and oxygen atoms in total. The van der Waals surface area contributed by atoms with Crippen LogP contribution in [0.1, 0.15) is 18.5 Å². The zero-order valence-electron chi connectivity index (χ0n) is 14.6. The predicted molar refractivity (Wildman–Crippen MR) is 98.1 cm³/mol. The molecule has 0 saturated heterocycles. The highest BCUT2D eigenvalue weighted by atomic mass is 16.5. The minimum absolute atomic E-state index is 0.0479. The van der Waals surface area contributed by atoms with Crippen LogP contribution in [0.5, 0.6) is 5.75 Å². The van der Waals surface area contributed by atoms with Crippen LogP contribution in [-0.4, -0.2) is 20.1 Å². The molecule has 25 heavy (non-hydrogen) atoms. The number of anilines is 1. The number of carbonyl (C=O) groups excluding carboxylic acids is 1. The van der Waals surface area contributed by atoms with Crippen LogP contribution in [-0.2, 0) is 4.79 Å². The van der Waals surface area contributed by atoms with E-state index < -0.39 is 5.91 Å². The van der Waals surface area contributed by atoms with E-state index in [1.54, 1.807) is 19.1 Å². The minimum Gasteiger partial charge on any atom is -0.497 e. The molecule has 0 aliphatic heterocycles. The Kier molecular flexibility index (Phi) is 6.19. The Hall–Kier alpha value is -3.26. The summed E-state index contributed by atoms with van der Waals surface area (Å²) in [6.07, 6.45) is 1.53. The van der Waals surface area contributed by atoms with E-state index in [1.165, 1.54) is 6.20 Å². The second-order valence-electron chi connectivity index (χ2n) is 5.57. The number of benzene rings is 2. The molecule has 0 radical (unpaired) electrons. The van der Waals surface area contributed by atoms with Crippen molar-refractivity contribution in [2.75, 3.05) is 19.1 Å². The quantitative estimate of drug-likeness (QED) is 0.649. The summed E-state index contributed by atoms with van der Waals surface area (Å²) >= 11 is 0. The molecule has 0 fully saturated rings. The van der Waals surface area contributed by atoms with Crippen molar-refractivity contribution in [1.82, 2.24) is 5.32 Å². The topological polar surface area (TPSA) is 65.4 Å². The molecule has 0 saturated carbocycles. The third-order valence-corrected chi connectivity index (χ3v) is 3.81. The molecule has 128 valence electrons. The fraction of sp³-hybridized carbons (Fsp3) is 0.200. The van der Waals surface area contributed by atoms with E-state index in [0.717, 1.165) is 17.0 Å². The van der Waals surface area contributed by atoms with E-state index >= 15 is 0 Å². The summed E-state index contributed by atoms with van der Waals surface area (Å²) in [6.45, 7) is 1.87. The molecule has 2 aromatic rings. The van der Waals surface area contributed by atoms with Crippen molar-refractivity contribution in [2.24, 2.45) is 0 Å². The number of hydrogen-bond donors (Lipinski definition) is 1. The molecule has 2 rings (SSSR count). The van der Waals surface area contributed by atoms with E-state index in [-0.39, 0.29) is 11.6 Å². The first-order valence-electron chi connectivity index (χ1n) is 7.89. The van der Waals surface area contributed by atoms with Crippen LogP contribution in [0, 0.1) is 11.3 Å². The number of nitriles is 1. The molecule has 1 N–H and O–H groups in total.